The number of aromatic nitrogens is 3. The smallest absolute Gasteiger partial charge is 0.244 e. The minimum atomic E-state index is -0.0877. The standard InChI is InChI=1S/C16H19N5O/c22-16-14(8-9-20(16)13-4-2-1-3-5-13)19-12-6-7-15-17-11-18-21(15)10-12/h1-5,11-12,14,19H,6-10H2. The van der Waals surface area contributed by atoms with E-state index >= 15 is 0 Å². The highest BCUT2D eigenvalue weighted by Gasteiger charge is 2.34. The number of carbonyl (C=O) groups excluding carboxylic acids is 1. The number of rotatable bonds is 3. The lowest BCUT2D eigenvalue weighted by atomic mass is 10.1. The number of anilines is 1. The number of amides is 1. The van der Waals surface area contributed by atoms with Crippen molar-refractivity contribution >= 4 is 11.6 Å². The number of benzene rings is 1. The van der Waals surface area contributed by atoms with Crippen molar-refractivity contribution in [2.24, 2.45) is 0 Å². The van der Waals surface area contributed by atoms with Crippen LogP contribution in [0, 0.1) is 0 Å². The third-order valence-corrected chi connectivity index (χ3v) is 4.52. The molecule has 1 saturated heterocycles. The molecule has 22 heavy (non-hydrogen) atoms. The van der Waals surface area contributed by atoms with Gasteiger partial charge in [-0.3, -0.25) is 4.79 Å². The van der Waals surface area contributed by atoms with Crippen molar-refractivity contribution in [3.63, 3.8) is 0 Å². The minimum Gasteiger partial charge on any atom is -0.311 e. The molecule has 114 valence electrons. The molecule has 1 aromatic heterocycles. The Labute approximate surface area is 129 Å². The van der Waals surface area contributed by atoms with E-state index in [9.17, 15) is 4.79 Å². The molecule has 2 aliphatic heterocycles. The molecule has 1 amide bonds. The number of nitrogens with one attached hydrogen (secondary N) is 1. The van der Waals surface area contributed by atoms with E-state index in [4.69, 9.17) is 0 Å². The summed E-state index contributed by atoms with van der Waals surface area (Å²) in [6.45, 7) is 1.58. The first-order chi connectivity index (χ1) is 10.8. The quantitative estimate of drug-likeness (QED) is 0.917. The number of hydrogen-bond acceptors (Lipinski definition) is 4. The fourth-order valence-electron chi connectivity index (χ4n) is 3.36. The van der Waals surface area contributed by atoms with Gasteiger partial charge in [-0.15, -0.1) is 0 Å². The predicted octanol–water partition coefficient (Wildman–Crippen LogP) is 0.988. The summed E-state index contributed by atoms with van der Waals surface area (Å²) >= 11 is 0. The fraction of sp³-hybridized carbons (Fsp3) is 0.438. The average Bonchev–Trinajstić information content (AvgIpc) is 3.15. The maximum atomic E-state index is 12.6. The largest absolute Gasteiger partial charge is 0.311 e. The highest BCUT2D eigenvalue weighted by atomic mass is 16.2. The lowest BCUT2D eigenvalue weighted by Crippen LogP contribution is -2.47. The van der Waals surface area contributed by atoms with Crippen LogP contribution in [0.5, 0.6) is 0 Å². The van der Waals surface area contributed by atoms with Crippen molar-refractivity contribution < 1.29 is 4.79 Å². The average molecular weight is 297 g/mol. The second kappa shape index (κ2) is 5.53. The monoisotopic (exact) mass is 297 g/mol. The number of para-hydroxylation sites is 1. The summed E-state index contributed by atoms with van der Waals surface area (Å²) in [5, 5.41) is 7.75. The van der Waals surface area contributed by atoms with Gasteiger partial charge in [0.25, 0.3) is 0 Å². The Kier molecular flexibility index (Phi) is 3.38. The predicted molar refractivity (Wildman–Crippen MR) is 82.5 cm³/mol. The molecule has 0 radical (unpaired) electrons. The zero-order valence-electron chi connectivity index (χ0n) is 12.4. The molecule has 0 spiro atoms. The van der Waals surface area contributed by atoms with E-state index in [1.807, 2.05) is 39.9 Å². The van der Waals surface area contributed by atoms with Crippen LogP contribution in [-0.4, -0.2) is 39.3 Å². The van der Waals surface area contributed by atoms with Crippen molar-refractivity contribution in [3.8, 4) is 0 Å². The number of nitrogens with zero attached hydrogens (tertiary/aromatic N) is 4. The molecule has 1 fully saturated rings. The molecule has 2 aromatic rings. The zero-order chi connectivity index (χ0) is 14.9. The molecule has 1 N–H and O–H groups in total. The van der Waals surface area contributed by atoms with Crippen molar-refractivity contribution in [3.05, 3.63) is 42.5 Å². The second-order valence-corrected chi connectivity index (χ2v) is 5.93. The molecule has 3 heterocycles. The third-order valence-electron chi connectivity index (χ3n) is 4.52. The van der Waals surface area contributed by atoms with Gasteiger partial charge < -0.3 is 10.2 Å². The van der Waals surface area contributed by atoms with Gasteiger partial charge in [0.2, 0.25) is 5.91 Å². The number of fused-ring (bicyclic) bond motifs is 1. The van der Waals surface area contributed by atoms with E-state index in [0.29, 0.717) is 6.04 Å². The summed E-state index contributed by atoms with van der Waals surface area (Å²) in [6, 6.07) is 10.1. The van der Waals surface area contributed by atoms with Gasteiger partial charge in [0.15, 0.2) is 0 Å². The summed E-state index contributed by atoms with van der Waals surface area (Å²) in [6.07, 6.45) is 4.39. The Balaban J connectivity index is 1.42. The Morgan fingerprint density at radius 3 is 2.91 bits per heavy atom. The van der Waals surface area contributed by atoms with Crippen molar-refractivity contribution in [2.45, 2.75) is 37.9 Å². The van der Waals surface area contributed by atoms with Crippen LogP contribution in [0.15, 0.2) is 36.7 Å². The van der Waals surface area contributed by atoms with Gasteiger partial charge in [-0.05, 0) is 25.0 Å². The van der Waals surface area contributed by atoms with Gasteiger partial charge in [-0.1, -0.05) is 18.2 Å². The summed E-state index contributed by atoms with van der Waals surface area (Å²) in [7, 11) is 0. The van der Waals surface area contributed by atoms with E-state index in [1.54, 1.807) is 6.33 Å². The molecule has 2 atom stereocenters. The van der Waals surface area contributed by atoms with E-state index < -0.39 is 0 Å². The molecule has 2 aliphatic rings. The van der Waals surface area contributed by atoms with E-state index in [0.717, 1.165) is 43.9 Å². The highest BCUT2D eigenvalue weighted by molar-refractivity contribution is 5.99. The molecular formula is C16H19N5O. The Morgan fingerprint density at radius 1 is 1.18 bits per heavy atom. The molecule has 4 rings (SSSR count). The van der Waals surface area contributed by atoms with Gasteiger partial charge in [0.05, 0.1) is 12.6 Å². The van der Waals surface area contributed by atoms with Crippen molar-refractivity contribution in [1.29, 1.82) is 0 Å². The summed E-state index contributed by atoms with van der Waals surface area (Å²) < 4.78 is 1.94. The van der Waals surface area contributed by atoms with Crippen molar-refractivity contribution in [1.82, 2.24) is 20.1 Å². The molecule has 6 heteroatoms. The summed E-state index contributed by atoms with van der Waals surface area (Å²) in [5.74, 6) is 1.22. The highest BCUT2D eigenvalue weighted by Crippen LogP contribution is 2.22. The van der Waals surface area contributed by atoms with Crippen LogP contribution >= 0.6 is 0 Å². The molecule has 0 saturated carbocycles. The van der Waals surface area contributed by atoms with E-state index in [-0.39, 0.29) is 11.9 Å². The number of carbonyl (C=O) groups is 1. The molecular weight excluding hydrogens is 278 g/mol. The Hall–Kier alpha value is -2.21. The molecule has 1 aromatic carbocycles. The van der Waals surface area contributed by atoms with E-state index in [1.165, 1.54) is 0 Å². The first-order valence-electron chi connectivity index (χ1n) is 7.80. The first kappa shape index (κ1) is 13.5. The lowest BCUT2D eigenvalue weighted by molar-refractivity contribution is -0.119. The van der Waals surface area contributed by atoms with Gasteiger partial charge in [-0.2, -0.15) is 5.10 Å². The van der Waals surface area contributed by atoms with Gasteiger partial charge >= 0.3 is 0 Å². The molecule has 2 unspecified atom stereocenters. The number of hydrogen-bond donors (Lipinski definition) is 1. The van der Waals surface area contributed by atoms with Crippen LogP contribution in [0.4, 0.5) is 5.69 Å². The van der Waals surface area contributed by atoms with Crippen molar-refractivity contribution in [2.75, 3.05) is 11.4 Å². The van der Waals surface area contributed by atoms with Crippen LogP contribution in [0.3, 0.4) is 0 Å². The molecule has 0 aliphatic carbocycles. The second-order valence-electron chi connectivity index (χ2n) is 5.93. The summed E-state index contributed by atoms with van der Waals surface area (Å²) in [4.78, 5) is 18.7. The maximum Gasteiger partial charge on any atom is 0.244 e. The van der Waals surface area contributed by atoms with Crippen LogP contribution < -0.4 is 10.2 Å². The normalized spacial score (nSPS) is 24.5. The maximum absolute atomic E-state index is 12.6. The van der Waals surface area contributed by atoms with Crippen LogP contribution in [0.25, 0.3) is 0 Å². The Bertz CT molecular complexity index is 668. The van der Waals surface area contributed by atoms with Gasteiger partial charge in [0, 0.05) is 24.7 Å². The van der Waals surface area contributed by atoms with Gasteiger partial charge in [0.1, 0.15) is 12.2 Å². The number of aryl methyl sites for hydroxylation is 1. The summed E-state index contributed by atoms with van der Waals surface area (Å²) in [5.41, 5.74) is 0.985. The van der Waals surface area contributed by atoms with Crippen LogP contribution in [0.1, 0.15) is 18.7 Å². The van der Waals surface area contributed by atoms with Crippen LogP contribution in [-0.2, 0) is 17.8 Å². The van der Waals surface area contributed by atoms with Crippen LogP contribution in [0.2, 0.25) is 0 Å². The molecule has 0 bridgehead atoms. The Morgan fingerprint density at radius 2 is 2.05 bits per heavy atom. The van der Waals surface area contributed by atoms with E-state index in [2.05, 4.69) is 15.4 Å². The molecule has 6 nitrogen and oxygen atoms in total. The SMILES string of the molecule is O=C1C(NC2CCc3ncnn3C2)CCN1c1ccccc1. The lowest BCUT2D eigenvalue weighted by Gasteiger charge is -2.26. The fourth-order valence-corrected chi connectivity index (χ4v) is 3.36. The zero-order valence-corrected chi connectivity index (χ0v) is 12.4. The topological polar surface area (TPSA) is 63.1 Å². The first-order valence-corrected chi connectivity index (χ1v) is 7.80. The van der Waals surface area contributed by atoms with Gasteiger partial charge in [-0.25, -0.2) is 9.67 Å². The minimum absolute atomic E-state index is 0.0877. The third kappa shape index (κ3) is 2.39.